The van der Waals surface area contributed by atoms with E-state index in [0.717, 1.165) is 18.4 Å². The summed E-state index contributed by atoms with van der Waals surface area (Å²) in [6, 6.07) is 8.48. The number of nitrogens with one attached hydrogen (secondary N) is 1. The lowest BCUT2D eigenvalue weighted by Gasteiger charge is -2.25. The number of carbonyl (C=O) groups is 1. The summed E-state index contributed by atoms with van der Waals surface area (Å²) >= 11 is 0. The molecule has 1 aliphatic carbocycles. The van der Waals surface area contributed by atoms with E-state index in [0.29, 0.717) is 6.54 Å². The molecule has 7 heteroatoms. The van der Waals surface area contributed by atoms with Crippen molar-refractivity contribution in [1.29, 1.82) is 5.26 Å². The van der Waals surface area contributed by atoms with Crippen LogP contribution >= 0.6 is 0 Å². The summed E-state index contributed by atoms with van der Waals surface area (Å²) in [7, 11) is 1.78. The van der Waals surface area contributed by atoms with Crippen molar-refractivity contribution >= 4 is 5.91 Å². The first kappa shape index (κ1) is 18.1. The number of nitriles is 1. The maximum absolute atomic E-state index is 12.1. The molecule has 0 radical (unpaired) electrons. The molecule has 1 amide bonds. The molecule has 5 nitrogen and oxygen atoms in total. The average Bonchev–Trinajstić information content (AvgIpc) is 3.33. The van der Waals surface area contributed by atoms with Crippen molar-refractivity contribution in [2.24, 2.45) is 5.92 Å². The van der Waals surface area contributed by atoms with Crippen molar-refractivity contribution in [3.05, 3.63) is 29.8 Å². The molecular formula is C17H21F2N3O2. The van der Waals surface area contributed by atoms with Gasteiger partial charge in [0.2, 0.25) is 5.91 Å². The second-order valence-electron chi connectivity index (χ2n) is 6.33. The third kappa shape index (κ3) is 5.17. The van der Waals surface area contributed by atoms with E-state index in [1.807, 2.05) is 0 Å². The minimum absolute atomic E-state index is 0.100. The Morgan fingerprint density at radius 3 is 2.58 bits per heavy atom. The first-order valence-electron chi connectivity index (χ1n) is 7.77. The zero-order valence-corrected chi connectivity index (χ0v) is 13.8. The molecule has 0 spiro atoms. The van der Waals surface area contributed by atoms with Crippen molar-refractivity contribution in [2.75, 3.05) is 13.6 Å². The highest BCUT2D eigenvalue weighted by Gasteiger charge is 2.43. The normalized spacial score (nSPS) is 16.5. The SMILES string of the molecule is CN(CC(=O)N[C@@](C)(C#N)C1CC1)Cc1ccc(OC(F)F)cc1. The second-order valence-corrected chi connectivity index (χ2v) is 6.33. The Kier molecular flexibility index (Phi) is 5.73. The molecule has 1 atom stereocenters. The van der Waals surface area contributed by atoms with Gasteiger partial charge in [0.25, 0.3) is 0 Å². The molecule has 0 bridgehead atoms. The van der Waals surface area contributed by atoms with Gasteiger partial charge in [-0.15, -0.1) is 0 Å². The Balaban J connectivity index is 1.83. The van der Waals surface area contributed by atoms with Crippen molar-refractivity contribution in [3.63, 3.8) is 0 Å². The molecule has 1 saturated carbocycles. The number of hydrogen-bond donors (Lipinski definition) is 1. The minimum Gasteiger partial charge on any atom is -0.435 e. The number of ether oxygens (including phenoxy) is 1. The lowest BCUT2D eigenvalue weighted by Crippen LogP contribution is -2.49. The van der Waals surface area contributed by atoms with Crippen LogP contribution in [-0.2, 0) is 11.3 Å². The maximum Gasteiger partial charge on any atom is 0.387 e. The molecule has 0 aromatic heterocycles. The number of alkyl halides is 2. The van der Waals surface area contributed by atoms with E-state index in [-0.39, 0.29) is 24.1 Å². The summed E-state index contributed by atoms with van der Waals surface area (Å²) in [6.07, 6.45) is 1.93. The monoisotopic (exact) mass is 337 g/mol. The lowest BCUT2D eigenvalue weighted by atomic mass is 9.98. The highest BCUT2D eigenvalue weighted by molar-refractivity contribution is 5.79. The van der Waals surface area contributed by atoms with Crippen LogP contribution in [0.2, 0.25) is 0 Å². The van der Waals surface area contributed by atoms with Crippen LogP contribution in [0, 0.1) is 17.2 Å². The fourth-order valence-corrected chi connectivity index (χ4v) is 2.60. The molecule has 130 valence electrons. The second kappa shape index (κ2) is 7.58. The Morgan fingerprint density at radius 2 is 2.08 bits per heavy atom. The maximum atomic E-state index is 12.1. The van der Waals surface area contributed by atoms with Crippen LogP contribution in [0.1, 0.15) is 25.3 Å². The summed E-state index contributed by atoms with van der Waals surface area (Å²) in [6.45, 7) is -0.457. The van der Waals surface area contributed by atoms with Gasteiger partial charge in [-0.05, 0) is 50.4 Å². The molecule has 1 aromatic carbocycles. The van der Waals surface area contributed by atoms with Gasteiger partial charge in [-0.2, -0.15) is 14.0 Å². The number of likely N-dealkylation sites (N-methyl/N-ethyl adjacent to an activating group) is 1. The highest BCUT2D eigenvalue weighted by atomic mass is 19.3. The van der Waals surface area contributed by atoms with Crippen molar-refractivity contribution in [1.82, 2.24) is 10.2 Å². The van der Waals surface area contributed by atoms with Crippen LogP contribution in [-0.4, -0.2) is 36.5 Å². The predicted molar refractivity (Wildman–Crippen MR) is 84.3 cm³/mol. The fraction of sp³-hybridized carbons (Fsp3) is 0.529. The van der Waals surface area contributed by atoms with Crippen LogP contribution in [0.3, 0.4) is 0 Å². The van der Waals surface area contributed by atoms with E-state index in [9.17, 15) is 18.8 Å². The van der Waals surface area contributed by atoms with E-state index in [2.05, 4.69) is 16.1 Å². The quantitative estimate of drug-likeness (QED) is 0.792. The lowest BCUT2D eigenvalue weighted by molar-refractivity contribution is -0.123. The van der Waals surface area contributed by atoms with Gasteiger partial charge in [-0.3, -0.25) is 9.69 Å². The van der Waals surface area contributed by atoms with Gasteiger partial charge in [-0.25, -0.2) is 0 Å². The molecule has 0 saturated heterocycles. The standard InChI is InChI=1S/C17H21F2N3O2/c1-17(11-20,13-5-6-13)21-15(23)10-22(2)9-12-3-7-14(8-4-12)24-16(18)19/h3-4,7-8,13,16H,5-6,9-10H2,1-2H3,(H,21,23)/t17-/m0/s1. The molecule has 1 N–H and O–H groups in total. The number of nitrogens with zero attached hydrogens (tertiary/aromatic N) is 2. The van der Waals surface area contributed by atoms with E-state index in [1.165, 1.54) is 12.1 Å². The van der Waals surface area contributed by atoms with Gasteiger partial charge in [0.05, 0.1) is 12.6 Å². The summed E-state index contributed by atoms with van der Waals surface area (Å²) in [5.74, 6) is 0.133. The van der Waals surface area contributed by atoms with Crippen molar-refractivity contribution in [2.45, 2.75) is 38.5 Å². The highest BCUT2D eigenvalue weighted by Crippen LogP contribution is 2.39. The summed E-state index contributed by atoms with van der Waals surface area (Å²) in [5.41, 5.74) is 0.0729. The smallest absolute Gasteiger partial charge is 0.387 e. The summed E-state index contributed by atoms with van der Waals surface area (Å²) in [4.78, 5) is 13.9. The van der Waals surface area contributed by atoms with Gasteiger partial charge in [-0.1, -0.05) is 12.1 Å². The molecule has 0 heterocycles. The Morgan fingerprint density at radius 1 is 1.46 bits per heavy atom. The van der Waals surface area contributed by atoms with E-state index in [4.69, 9.17) is 0 Å². The Hall–Kier alpha value is -2.20. The molecule has 1 fully saturated rings. The van der Waals surface area contributed by atoms with Crippen LogP contribution in [0.25, 0.3) is 0 Å². The zero-order valence-electron chi connectivity index (χ0n) is 13.8. The number of amides is 1. The molecule has 0 unspecified atom stereocenters. The average molecular weight is 337 g/mol. The largest absolute Gasteiger partial charge is 0.435 e. The molecular weight excluding hydrogens is 316 g/mol. The topological polar surface area (TPSA) is 65.4 Å². The summed E-state index contributed by atoms with van der Waals surface area (Å²) in [5, 5.41) is 12.1. The van der Waals surface area contributed by atoms with Gasteiger partial charge >= 0.3 is 6.61 Å². The van der Waals surface area contributed by atoms with Crippen LogP contribution < -0.4 is 10.1 Å². The number of hydrogen-bond acceptors (Lipinski definition) is 4. The third-order valence-electron chi connectivity index (χ3n) is 4.04. The summed E-state index contributed by atoms with van der Waals surface area (Å²) < 4.78 is 28.5. The first-order chi connectivity index (χ1) is 11.3. The van der Waals surface area contributed by atoms with Gasteiger partial charge in [0.15, 0.2) is 0 Å². The van der Waals surface area contributed by atoms with Crippen molar-refractivity contribution in [3.8, 4) is 11.8 Å². The molecule has 2 rings (SSSR count). The third-order valence-corrected chi connectivity index (χ3v) is 4.04. The number of benzene rings is 1. The van der Waals surface area contributed by atoms with E-state index >= 15 is 0 Å². The number of carbonyl (C=O) groups excluding carboxylic acids is 1. The Labute approximate surface area is 140 Å². The van der Waals surface area contributed by atoms with Gasteiger partial charge in [0.1, 0.15) is 11.3 Å². The molecule has 1 aliphatic rings. The van der Waals surface area contributed by atoms with Crippen LogP contribution in [0.5, 0.6) is 5.75 Å². The zero-order chi connectivity index (χ0) is 17.7. The molecule has 0 aliphatic heterocycles. The van der Waals surface area contributed by atoms with Gasteiger partial charge < -0.3 is 10.1 Å². The van der Waals surface area contributed by atoms with Crippen LogP contribution in [0.4, 0.5) is 8.78 Å². The van der Waals surface area contributed by atoms with E-state index < -0.39 is 12.2 Å². The van der Waals surface area contributed by atoms with Gasteiger partial charge in [0, 0.05) is 6.54 Å². The number of rotatable bonds is 8. The Bertz CT molecular complexity index is 611. The minimum atomic E-state index is -2.84. The van der Waals surface area contributed by atoms with Crippen LogP contribution in [0.15, 0.2) is 24.3 Å². The molecule has 1 aromatic rings. The molecule has 24 heavy (non-hydrogen) atoms. The first-order valence-corrected chi connectivity index (χ1v) is 7.77. The fourth-order valence-electron chi connectivity index (χ4n) is 2.60. The number of halogens is 2. The van der Waals surface area contributed by atoms with E-state index in [1.54, 1.807) is 31.0 Å². The van der Waals surface area contributed by atoms with Crippen molar-refractivity contribution < 1.29 is 18.3 Å². The predicted octanol–water partition coefficient (Wildman–Crippen LogP) is 2.53.